The molecule has 6 heteroatoms. The van der Waals surface area contributed by atoms with Crippen LogP contribution in [0, 0.1) is 0 Å². The molecule has 0 atom stereocenters. The molecule has 0 saturated heterocycles. The van der Waals surface area contributed by atoms with Crippen molar-refractivity contribution in [3.8, 4) is 11.3 Å². The minimum absolute atomic E-state index is 0.0821. The molecule has 1 aromatic carbocycles. The molecule has 138 valence electrons. The number of rotatable bonds is 6. The van der Waals surface area contributed by atoms with Crippen molar-refractivity contribution in [2.45, 2.75) is 37.7 Å². The number of carbonyl (C=O) groups excluding carboxylic acids is 2. The highest BCUT2D eigenvalue weighted by molar-refractivity contribution is 5.95. The van der Waals surface area contributed by atoms with Crippen LogP contribution in [0.3, 0.4) is 0 Å². The van der Waals surface area contributed by atoms with Gasteiger partial charge in [-0.15, -0.1) is 0 Å². The Balaban J connectivity index is 1.70. The van der Waals surface area contributed by atoms with Crippen LogP contribution in [0.5, 0.6) is 0 Å². The van der Waals surface area contributed by atoms with Crippen molar-refractivity contribution in [1.29, 1.82) is 0 Å². The highest BCUT2D eigenvalue weighted by Crippen LogP contribution is 2.32. The number of primary amides is 1. The Bertz CT molecular complexity index is 806. The summed E-state index contributed by atoms with van der Waals surface area (Å²) in [6, 6.07) is 10.2. The summed E-state index contributed by atoms with van der Waals surface area (Å²) in [6.07, 6.45) is 4.31. The van der Waals surface area contributed by atoms with Crippen LogP contribution < -0.4 is 5.73 Å². The molecule has 1 fully saturated rings. The number of carbonyl (C=O) groups is 2. The van der Waals surface area contributed by atoms with Gasteiger partial charge < -0.3 is 20.2 Å². The molecular weight excluding hydrogens is 332 g/mol. The number of amides is 2. The van der Waals surface area contributed by atoms with Crippen molar-refractivity contribution < 1.29 is 19.1 Å². The van der Waals surface area contributed by atoms with E-state index in [1.807, 2.05) is 6.07 Å². The first-order valence-corrected chi connectivity index (χ1v) is 8.86. The van der Waals surface area contributed by atoms with Gasteiger partial charge in [0.1, 0.15) is 5.76 Å². The quantitative estimate of drug-likeness (QED) is 0.832. The third-order valence-corrected chi connectivity index (χ3v) is 5.04. The average Bonchev–Trinajstić information content (AvgIpc) is 3.29. The molecule has 1 saturated carbocycles. The van der Waals surface area contributed by atoms with Gasteiger partial charge in [-0.3, -0.25) is 9.59 Å². The maximum Gasteiger partial charge on any atom is 0.284 e. The molecular formula is C20H24N2O4. The smallest absolute Gasteiger partial charge is 0.284 e. The van der Waals surface area contributed by atoms with Crippen molar-refractivity contribution in [2.75, 3.05) is 13.6 Å². The highest BCUT2D eigenvalue weighted by Gasteiger charge is 2.31. The van der Waals surface area contributed by atoms with E-state index in [9.17, 15) is 14.7 Å². The molecule has 26 heavy (non-hydrogen) atoms. The molecule has 2 amide bonds. The van der Waals surface area contributed by atoms with E-state index in [0.717, 1.165) is 25.7 Å². The summed E-state index contributed by atoms with van der Waals surface area (Å²) in [7, 11) is 1.74. The van der Waals surface area contributed by atoms with Crippen LogP contribution in [0.15, 0.2) is 40.8 Å². The lowest BCUT2D eigenvalue weighted by Crippen LogP contribution is -2.34. The molecule has 0 radical (unpaired) electrons. The van der Waals surface area contributed by atoms with E-state index < -0.39 is 11.5 Å². The summed E-state index contributed by atoms with van der Waals surface area (Å²) in [4.78, 5) is 25.5. The van der Waals surface area contributed by atoms with E-state index in [-0.39, 0.29) is 11.7 Å². The van der Waals surface area contributed by atoms with Gasteiger partial charge in [-0.05, 0) is 43.5 Å². The molecule has 1 aromatic heterocycles. The van der Waals surface area contributed by atoms with Gasteiger partial charge in [-0.1, -0.05) is 25.0 Å². The topological polar surface area (TPSA) is 96.8 Å². The van der Waals surface area contributed by atoms with Gasteiger partial charge in [0.25, 0.3) is 11.8 Å². The summed E-state index contributed by atoms with van der Waals surface area (Å²) in [5.41, 5.74) is 5.80. The molecule has 0 spiro atoms. The van der Waals surface area contributed by atoms with Crippen molar-refractivity contribution in [1.82, 2.24) is 4.90 Å². The van der Waals surface area contributed by atoms with E-state index in [4.69, 9.17) is 10.2 Å². The zero-order chi connectivity index (χ0) is 18.7. The Labute approximate surface area is 152 Å². The third kappa shape index (κ3) is 3.96. The van der Waals surface area contributed by atoms with Crippen LogP contribution in [-0.2, 0) is 0 Å². The lowest BCUT2D eigenvalue weighted by atomic mass is 9.98. The number of benzene rings is 1. The summed E-state index contributed by atoms with van der Waals surface area (Å²) in [5, 5.41) is 10.4. The molecule has 2 aromatic rings. The first-order valence-electron chi connectivity index (χ1n) is 8.86. The first kappa shape index (κ1) is 18.2. The van der Waals surface area contributed by atoms with Crippen LogP contribution in [0.1, 0.15) is 53.0 Å². The Morgan fingerprint density at radius 3 is 2.62 bits per heavy atom. The minimum atomic E-state index is -0.631. The molecule has 0 aliphatic heterocycles. The van der Waals surface area contributed by atoms with E-state index in [1.165, 1.54) is 6.07 Å². The van der Waals surface area contributed by atoms with Gasteiger partial charge in [-0.25, -0.2) is 0 Å². The largest absolute Gasteiger partial charge is 0.451 e. The van der Waals surface area contributed by atoms with Gasteiger partial charge in [0.15, 0.2) is 5.76 Å². The van der Waals surface area contributed by atoms with Crippen molar-refractivity contribution >= 4 is 11.8 Å². The number of aliphatic hydroxyl groups is 1. The van der Waals surface area contributed by atoms with Gasteiger partial charge in [0, 0.05) is 24.7 Å². The van der Waals surface area contributed by atoms with E-state index in [1.54, 1.807) is 36.2 Å². The minimum Gasteiger partial charge on any atom is -0.451 e. The van der Waals surface area contributed by atoms with Gasteiger partial charge in [0.2, 0.25) is 0 Å². The second kappa shape index (κ2) is 7.33. The second-order valence-corrected chi connectivity index (χ2v) is 7.02. The fourth-order valence-corrected chi connectivity index (χ4v) is 3.41. The number of hydrogen-bond donors (Lipinski definition) is 2. The number of nitrogens with zero attached hydrogens (tertiary/aromatic N) is 1. The zero-order valence-corrected chi connectivity index (χ0v) is 14.9. The first-order chi connectivity index (χ1) is 12.4. The second-order valence-electron chi connectivity index (χ2n) is 7.02. The lowest BCUT2D eigenvalue weighted by molar-refractivity contribution is 0.0296. The number of nitrogens with two attached hydrogens (primary N) is 1. The SMILES string of the molecule is CN(CCC1(O)CCCC1)C(=O)c1cccc(-c2ccc(C(N)=O)o2)c1. The number of hydrogen-bond acceptors (Lipinski definition) is 4. The molecule has 6 nitrogen and oxygen atoms in total. The maximum atomic E-state index is 12.7. The van der Waals surface area contributed by atoms with Crippen LogP contribution >= 0.6 is 0 Å². The van der Waals surface area contributed by atoms with Crippen molar-refractivity contribution in [3.05, 3.63) is 47.7 Å². The Hall–Kier alpha value is -2.60. The Morgan fingerprint density at radius 1 is 1.23 bits per heavy atom. The van der Waals surface area contributed by atoms with Gasteiger partial charge in [0.05, 0.1) is 5.60 Å². The van der Waals surface area contributed by atoms with Crippen molar-refractivity contribution in [2.24, 2.45) is 5.73 Å². The summed E-state index contributed by atoms with van der Waals surface area (Å²) < 4.78 is 5.42. The molecule has 3 N–H and O–H groups in total. The Morgan fingerprint density at radius 2 is 1.96 bits per heavy atom. The fourth-order valence-electron chi connectivity index (χ4n) is 3.41. The van der Waals surface area contributed by atoms with Crippen LogP contribution in [0.25, 0.3) is 11.3 Å². The van der Waals surface area contributed by atoms with Gasteiger partial charge >= 0.3 is 0 Å². The summed E-state index contributed by atoms with van der Waals surface area (Å²) in [6.45, 7) is 0.506. The van der Waals surface area contributed by atoms with E-state index in [0.29, 0.717) is 29.9 Å². The van der Waals surface area contributed by atoms with Crippen molar-refractivity contribution in [3.63, 3.8) is 0 Å². The third-order valence-electron chi connectivity index (χ3n) is 5.04. The predicted molar refractivity (Wildman–Crippen MR) is 97.7 cm³/mol. The summed E-state index contributed by atoms with van der Waals surface area (Å²) >= 11 is 0. The molecule has 3 rings (SSSR count). The summed E-state index contributed by atoms with van der Waals surface area (Å²) in [5.74, 6) is -0.182. The molecule has 0 unspecified atom stereocenters. The lowest BCUT2D eigenvalue weighted by Gasteiger charge is -2.26. The van der Waals surface area contributed by atoms with Gasteiger partial charge in [-0.2, -0.15) is 0 Å². The normalized spacial score (nSPS) is 15.8. The predicted octanol–water partition coefficient (Wildman–Crippen LogP) is 2.81. The maximum absolute atomic E-state index is 12.7. The molecule has 1 aliphatic carbocycles. The highest BCUT2D eigenvalue weighted by atomic mass is 16.3. The van der Waals surface area contributed by atoms with E-state index >= 15 is 0 Å². The number of furan rings is 1. The van der Waals surface area contributed by atoms with Crippen LogP contribution in [-0.4, -0.2) is 41.0 Å². The average molecular weight is 356 g/mol. The molecule has 1 heterocycles. The van der Waals surface area contributed by atoms with Crippen LogP contribution in [0.2, 0.25) is 0 Å². The monoisotopic (exact) mass is 356 g/mol. The van der Waals surface area contributed by atoms with Crippen LogP contribution in [0.4, 0.5) is 0 Å². The zero-order valence-electron chi connectivity index (χ0n) is 14.9. The van der Waals surface area contributed by atoms with E-state index in [2.05, 4.69) is 0 Å². The Kier molecular flexibility index (Phi) is 5.13. The standard InChI is InChI=1S/C20H24N2O4/c1-22(12-11-20(25)9-2-3-10-20)19(24)15-6-4-5-14(13-15)16-7-8-17(26-16)18(21)23/h4-8,13,25H,2-3,9-12H2,1H3,(H2,21,23). The fraction of sp³-hybridized carbons (Fsp3) is 0.400. The molecule has 0 bridgehead atoms. The molecule has 1 aliphatic rings.